The number of hydrogen-bond donors (Lipinski definition) is 1. The molecule has 0 aliphatic carbocycles. The molecule has 4 rings (SSSR count). The van der Waals surface area contributed by atoms with Gasteiger partial charge in [0.2, 0.25) is 0 Å². The summed E-state index contributed by atoms with van der Waals surface area (Å²) in [6.45, 7) is 2.72. The average Bonchev–Trinajstić information content (AvgIpc) is 2.95. The van der Waals surface area contributed by atoms with Gasteiger partial charge in [-0.1, -0.05) is 48.0 Å². The van der Waals surface area contributed by atoms with E-state index in [0.29, 0.717) is 27.8 Å². The van der Waals surface area contributed by atoms with Crippen LogP contribution in [0.2, 0.25) is 0 Å². The van der Waals surface area contributed by atoms with Gasteiger partial charge in [0.1, 0.15) is 0 Å². The van der Waals surface area contributed by atoms with Crippen molar-refractivity contribution >= 4 is 44.7 Å². The molecule has 26 heavy (non-hydrogen) atoms. The number of imidazole rings is 1. The molecule has 2 aromatic carbocycles. The van der Waals surface area contributed by atoms with Crippen LogP contribution in [0.25, 0.3) is 11.2 Å². The summed E-state index contributed by atoms with van der Waals surface area (Å²) >= 11 is 5.01. The lowest BCUT2D eigenvalue weighted by Crippen LogP contribution is -2.03. The van der Waals surface area contributed by atoms with Crippen LogP contribution < -0.4 is 5.73 Å². The van der Waals surface area contributed by atoms with Crippen LogP contribution in [0.1, 0.15) is 11.1 Å². The third-order valence-electron chi connectivity index (χ3n) is 3.97. The van der Waals surface area contributed by atoms with Crippen LogP contribution in [0, 0.1) is 6.92 Å². The molecule has 0 amide bonds. The van der Waals surface area contributed by atoms with E-state index in [-0.39, 0.29) is 0 Å². The van der Waals surface area contributed by atoms with E-state index in [1.54, 1.807) is 0 Å². The van der Waals surface area contributed by atoms with Gasteiger partial charge >= 0.3 is 0 Å². The second-order valence-electron chi connectivity index (χ2n) is 5.93. The number of nitrogen functional groups attached to an aromatic ring is 1. The summed E-state index contributed by atoms with van der Waals surface area (Å²) in [5.74, 6) is 0.386. The van der Waals surface area contributed by atoms with Crippen molar-refractivity contribution in [1.82, 2.24) is 19.5 Å². The highest BCUT2D eigenvalue weighted by Crippen LogP contribution is 2.30. The van der Waals surface area contributed by atoms with Crippen molar-refractivity contribution in [1.29, 1.82) is 0 Å². The van der Waals surface area contributed by atoms with E-state index in [1.807, 2.05) is 22.8 Å². The summed E-state index contributed by atoms with van der Waals surface area (Å²) in [4.78, 5) is 14.7. The molecule has 0 aliphatic heterocycles. The number of aryl methyl sites for hydroxylation is 1. The smallest absolute Gasteiger partial charge is 0.196 e. The van der Waals surface area contributed by atoms with Gasteiger partial charge in [-0.25, -0.2) is 15.0 Å². The standard InChI is InChI=1S/C19H16BrN5S/c1-12-7-9-14(10-8-12)26-19-23-16(21)15-17(24-19)25(18(20)22-15)11-13-5-3-2-4-6-13/h2-10H,11H2,1H3,(H2,21,23,24). The van der Waals surface area contributed by atoms with Crippen molar-refractivity contribution in [2.24, 2.45) is 0 Å². The molecular weight excluding hydrogens is 410 g/mol. The molecule has 0 saturated carbocycles. The van der Waals surface area contributed by atoms with Gasteiger partial charge in [-0.15, -0.1) is 0 Å². The minimum Gasteiger partial charge on any atom is -0.382 e. The summed E-state index contributed by atoms with van der Waals surface area (Å²) < 4.78 is 2.69. The Morgan fingerprint density at radius 3 is 2.46 bits per heavy atom. The maximum absolute atomic E-state index is 6.15. The van der Waals surface area contributed by atoms with Gasteiger partial charge in [0.15, 0.2) is 26.9 Å². The predicted molar refractivity (Wildman–Crippen MR) is 108 cm³/mol. The normalized spacial score (nSPS) is 11.2. The summed E-state index contributed by atoms with van der Waals surface area (Å²) in [6, 6.07) is 18.4. The maximum Gasteiger partial charge on any atom is 0.196 e. The van der Waals surface area contributed by atoms with Gasteiger partial charge in [0.25, 0.3) is 0 Å². The zero-order valence-electron chi connectivity index (χ0n) is 14.1. The third-order valence-corrected chi connectivity index (χ3v) is 5.45. The Morgan fingerprint density at radius 1 is 1.00 bits per heavy atom. The van der Waals surface area contributed by atoms with Crippen LogP contribution in [-0.2, 0) is 6.54 Å². The molecule has 7 heteroatoms. The molecule has 4 aromatic rings. The first-order valence-corrected chi connectivity index (χ1v) is 9.69. The molecule has 2 N–H and O–H groups in total. The molecule has 2 heterocycles. The number of rotatable bonds is 4. The minimum atomic E-state index is 0.386. The highest BCUT2D eigenvalue weighted by Gasteiger charge is 2.16. The first-order valence-electron chi connectivity index (χ1n) is 8.08. The number of nitrogens with two attached hydrogens (primary N) is 1. The van der Waals surface area contributed by atoms with Crippen LogP contribution >= 0.6 is 27.7 Å². The number of halogens is 1. The first-order chi connectivity index (χ1) is 12.6. The molecule has 0 aliphatic rings. The van der Waals surface area contributed by atoms with Gasteiger partial charge in [-0.3, -0.25) is 4.57 Å². The van der Waals surface area contributed by atoms with Crippen LogP contribution in [0.3, 0.4) is 0 Å². The average molecular weight is 426 g/mol. The Morgan fingerprint density at radius 2 is 1.73 bits per heavy atom. The molecule has 2 aromatic heterocycles. The van der Waals surface area contributed by atoms with Gasteiger partial charge < -0.3 is 5.73 Å². The van der Waals surface area contributed by atoms with Crippen LogP contribution in [-0.4, -0.2) is 19.5 Å². The van der Waals surface area contributed by atoms with E-state index < -0.39 is 0 Å². The highest BCUT2D eigenvalue weighted by molar-refractivity contribution is 9.10. The van der Waals surface area contributed by atoms with Gasteiger partial charge in [-0.2, -0.15) is 0 Å². The Bertz CT molecular complexity index is 1060. The van der Waals surface area contributed by atoms with Crippen molar-refractivity contribution < 1.29 is 0 Å². The Balaban J connectivity index is 1.74. The molecular formula is C19H16BrN5S. The number of aromatic nitrogens is 4. The van der Waals surface area contributed by atoms with E-state index in [2.05, 4.69) is 69.2 Å². The fourth-order valence-corrected chi connectivity index (χ4v) is 3.87. The summed E-state index contributed by atoms with van der Waals surface area (Å²) in [5, 5.41) is 0.612. The molecule has 0 bridgehead atoms. The topological polar surface area (TPSA) is 69.6 Å². The van der Waals surface area contributed by atoms with Crippen molar-refractivity contribution in [3.05, 3.63) is 70.5 Å². The second kappa shape index (κ2) is 7.09. The molecule has 0 spiro atoms. The van der Waals surface area contributed by atoms with Crippen LogP contribution in [0.5, 0.6) is 0 Å². The fourth-order valence-electron chi connectivity index (χ4n) is 2.64. The summed E-state index contributed by atoms with van der Waals surface area (Å²) in [7, 11) is 0. The predicted octanol–water partition coefficient (Wildman–Crippen LogP) is 4.68. The van der Waals surface area contributed by atoms with Crippen molar-refractivity contribution in [3.63, 3.8) is 0 Å². The number of anilines is 1. The molecule has 0 atom stereocenters. The fraction of sp³-hybridized carbons (Fsp3) is 0.105. The monoisotopic (exact) mass is 425 g/mol. The van der Waals surface area contributed by atoms with E-state index in [9.17, 15) is 0 Å². The third kappa shape index (κ3) is 3.45. The van der Waals surface area contributed by atoms with E-state index >= 15 is 0 Å². The molecule has 0 saturated heterocycles. The van der Waals surface area contributed by atoms with Crippen LogP contribution in [0.15, 0.2) is 69.4 Å². The van der Waals surface area contributed by atoms with Crippen LogP contribution in [0.4, 0.5) is 5.82 Å². The number of fused-ring (bicyclic) bond motifs is 1. The van der Waals surface area contributed by atoms with E-state index in [4.69, 9.17) is 10.7 Å². The summed E-state index contributed by atoms with van der Waals surface area (Å²) in [6.07, 6.45) is 0. The molecule has 0 unspecified atom stereocenters. The minimum absolute atomic E-state index is 0.386. The lowest BCUT2D eigenvalue weighted by atomic mass is 10.2. The Labute approximate surface area is 163 Å². The van der Waals surface area contributed by atoms with E-state index in [1.165, 1.54) is 17.3 Å². The Hall–Kier alpha value is -2.38. The number of benzene rings is 2. The first kappa shape index (κ1) is 17.1. The lowest BCUT2D eigenvalue weighted by molar-refractivity contribution is 0.783. The quantitative estimate of drug-likeness (QED) is 0.379. The second-order valence-corrected chi connectivity index (χ2v) is 7.68. The van der Waals surface area contributed by atoms with Gasteiger partial charge in [0, 0.05) is 4.90 Å². The summed E-state index contributed by atoms with van der Waals surface area (Å²) in [5.41, 5.74) is 9.87. The zero-order chi connectivity index (χ0) is 18.1. The number of nitrogens with zero attached hydrogens (tertiary/aromatic N) is 4. The highest BCUT2D eigenvalue weighted by atomic mass is 79.9. The largest absolute Gasteiger partial charge is 0.382 e. The maximum atomic E-state index is 6.15. The van der Waals surface area contributed by atoms with Crippen molar-refractivity contribution in [2.75, 3.05) is 5.73 Å². The van der Waals surface area contributed by atoms with Gasteiger partial charge in [0.05, 0.1) is 6.54 Å². The lowest BCUT2D eigenvalue weighted by Gasteiger charge is -2.07. The molecule has 0 fully saturated rings. The Kier molecular flexibility index (Phi) is 4.65. The SMILES string of the molecule is Cc1ccc(Sc2nc(N)c3nc(Br)n(Cc4ccccc4)c3n2)cc1. The van der Waals surface area contributed by atoms with Crippen molar-refractivity contribution in [2.45, 2.75) is 23.5 Å². The molecule has 0 radical (unpaired) electrons. The molecule has 130 valence electrons. The molecule has 5 nitrogen and oxygen atoms in total. The zero-order valence-corrected chi connectivity index (χ0v) is 16.5. The van der Waals surface area contributed by atoms with Gasteiger partial charge in [-0.05, 0) is 52.3 Å². The number of hydrogen-bond acceptors (Lipinski definition) is 5. The van der Waals surface area contributed by atoms with E-state index in [0.717, 1.165) is 16.1 Å². The van der Waals surface area contributed by atoms with Crippen molar-refractivity contribution in [3.8, 4) is 0 Å².